The summed E-state index contributed by atoms with van der Waals surface area (Å²) in [4.78, 5) is 0. The van der Waals surface area contributed by atoms with Crippen molar-refractivity contribution in [3.8, 4) is 0 Å². The van der Waals surface area contributed by atoms with Crippen LogP contribution in [0.15, 0.2) is 30.3 Å². The maximum atomic E-state index is 6.01. The van der Waals surface area contributed by atoms with Crippen LogP contribution in [0.3, 0.4) is 0 Å². The van der Waals surface area contributed by atoms with E-state index in [9.17, 15) is 0 Å². The van der Waals surface area contributed by atoms with Crippen LogP contribution >= 0.6 is 0 Å². The van der Waals surface area contributed by atoms with Crippen LogP contribution in [0.25, 0.3) is 0 Å². The highest BCUT2D eigenvalue weighted by atomic mass is 14.6. The monoisotopic (exact) mass is 243 g/mol. The third kappa shape index (κ3) is 2.47. The maximum Gasteiger partial charge on any atom is -0.00461 e. The summed E-state index contributed by atoms with van der Waals surface area (Å²) >= 11 is 0. The summed E-state index contributed by atoms with van der Waals surface area (Å²) in [5.74, 6) is 3.47. The first kappa shape index (κ1) is 12.2. The number of benzene rings is 1. The third-order valence-electron chi connectivity index (χ3n) is 5.14. The Morgan fingerprint density at radius 3 is 2.50 bits per heavy atom. The molecule has 1 nitrogen and oxygen atoms in total. The van der Waals surface area contributed by atoms with Gasteiger partial charge >= 0.3 is 0 Å². The topological polar surface area (TPSA) is 26.0 Å². The van der Waals surface area contributed by atoms with Crippen LogP contribution in [0.2, 0.25) is 0 Å². The number of rotatable bonds is 3. The summed E-state index contributed by atoms with van der Waals surface area (Å²) in [6.45, 7) is 0.905. The molecule has 2 N–H and O–H groups in total. The smallest absolute Gasteiger partial charge is 0.00461 e. The van der Waals surface area contributed by atoms with Crippen LogP contribution in [0, 0.1) is 17.8 Å². The lowest BCUT2D eigenvalue weighted by molar-refractivity contribution is 0.280. The highest BCUT2D eigenvalue weighted by molar-refractivity contribution is 5.26. The molecule has 3 rings (SSSR count). The summed E-state index contributed by atoms with van der Waals surface area (Å²) in [7, 11) is 0. The maximum absolute atomic E-state index is 6.01. The van der Waals surface area contributed by atoms with Crippen molar-refractivity contribution < 1.29 is 0 Å². The molecule has 0 aliphatic heterocycles. The molecule has 2 aliphatic carbocycles. The van der Waals surface area contributed by atoms with Crippen molar-refractivity contribution in [1.82, 2.24) is 0 Å². The molecule has 0 spiro atoms. The van der Waals surface area contributed by atoms with Gasteiger partial charge in [-0.3, -0.25) is 0 Å². The summed E-state index contributed by atoms with van der Waals surface area (Å²) in [6.07, 6.45) is 8.47. The van der Waals surface area contributed by atoms with E-state index in [1.54, 1.807) is 5.56 Å². The molecule has 0 bridgehead atoms. The molecular formula is C17H25N. The Labute approximate surface area is 111 Å². The molecular weight excluding hydrogens is 218 g/mol. The van der Waals surface area contributed by atoms with E-state index in [0.717, 1.165) is 30.2 Å². The molecule has 0 radical (unpaired) electrons. The van der Waals surface area contributed by atoms with Gasteiger partial charge in [-0.05, 0) is 55.0 Å². The Bertz CT molecular complexity index is 372. The van der Waals surface area contributed by atoms with Crippen LogP contribution in [-0.2, 0) is 0 Å². The highest BCUT2D eigenvalue weighted by Crippen LogP contribution is 2.55. The molecule has 98 valence electrons. The first-order valence-electron chi connectivity index (χ1n) is 7.65. The largest absolute Gasteiger partial charge is 0.330 e. The van der Waals surface area contributed by atoms with E-state index in [-0.39, 0.29) is 0 Å². The van der Waals surface area contributed by atoms with E-state index in [4.69, 9.17) is 5.73 Å². The normalized spacial score (nSPS) is 36.1. The second-order valence-electron chi connectivity index (χ2n) is 6.21. The Morgan fingerprint density at radius 1 is 0.944 bits per heavy atom. The van der Waals surface area contributed by atoms with Gasteiger partial charge in [0.1, 0.15) is 0 Å². The summed E-state index contributed by atoms with van der Waals surface area (Å²) in [5.41, 5.74) is 7.57. The minimum atomic E-state index is 0.797. The van der Waals surface area contributed by atoms with Crippen LogP contribution in [0.1, 0.15) is 50.0 Å². The first-order chi connectivity index (χ1) is 8.90. The van der Waals surface area contributed by atoms with Gasteiger partial charge in [0, 0.05) is 0 Å². The standard InChI is InChI=1S/C17H25N/c18-12-14-9-5-2-6-10-15(14)17-11-16(17)13-7-3-1-4-8-13/h1,3-4,7-8,14-17H,2,5-6,9-12,18H2. The number of hydrogen-bond acceptors (Lipinski definition) is 1. The molecule has 2 fully saturated rings. The van der Waals surface area contributed by atoms with Crippen molar-refractivity contribution >= 4 is 0 Å². The van der Waals surface area contributed by atoms with Gasteiger partial charge in [-0.1, -0.05) is 49.6 Å². The Kier molecular flexibility index (Phi) is 3.69. The summed E-state index contributed by atoms with van der Waals surface area (Å²) < 4.78 is 0. The fraction of sp³-hybridized carbons (Fsp3) is 0.647. The lowest BCUT2D eigenvalue weighted by atomic mass is 9.83. The summed E-state index contributed by atoms with van der Waals surface area (Å²) in [6, 6.07) is 11.1. The van der Waals surface area contributed by atoms with E-state index in [1.807, 2.05) is 0 Å². The second kappa shape index (κ2) is 5.44. The molecule has 0 saturated heterocycles. The van der Waals surface area contributed by atoms with Crippen molar-refractivity contribution in [1.29, 1.82) is 0 Å². The SMILES string of the molecule is NCC1CCCCCC1C1CC1c1ccccc1. The highest BCUT2D eigenvalue weighted by Gasteiger charge is 2.45. The molecule has 4 atom stereocenters. The van der Waals surface area contributed by atoms with Gasteiger partial charge in [0.25, 0.3) is 0 Å². The molecule has 0 amide bonds. The molecule has 0 aromatic heterocycles. The van der Waals surface area contributed by atoms with E-state index < -0.39 is 0 Å². The van der Waals surface area contributed by atoms with Gasteiger partial charge in [0.2, 0.25) is 0 Å². The molecule has 0 heterocycles. The zero-order valence-corrected chi connectivity index (χ0v) is 11.2. The quantitative estimate of drug-likeness (QED) is 0.799. The molecule has 2 saturated carbocycles. The van der Waals surface area contributed by atoms with Gasteiger partial charge in [-0.2, -0.15) is 0 Å². The molecule has 2 aliphatic rings. The second-order valence-corrected chi connectivity index (χ2v) is 6.21. The predicted molar refractivity (Wildman–Crippen MR) is 76.4 cm³/mol. The number of nitrogens with two attached hydrogens (primary N) is 1. The summed E-state index contributed by atoms with van der Waals surface area (Å²) in [5, 5.41) is 0. The van der Waals surface area contributed by atoms with Crippen molar-refractivity contribution in [3.05, 3.63) is 35.9 Å². The van der Waals surface area contributed by atoms with E-state index >= 15 is 0 Å². The third-order valence-corrected chi connectivity index (χ3v) is 5.14. The van der Waals surface area contributed by atoms with Gasteiger partial charge in [-0.25, -0.2) is 0 Å². The zero-order valence-electron chi connectivity index (χ0n) is 11.2. The first-order valence-corrected chi connectivity index (χ1v) is 7.65. The van der Waals surface area contributed by atoms with Crippen molar-refractivity contribution in [2.75, 3.05) is 6.54 Å². The Balaban J connectivity index is 1.68. The zero-order chi connectivity index (χ0) is 12.4. The van der Waals surface area contributed by atoms with Gasteiger partial charge in [-0.15, -0.1) is 0 Å². The minimum Gasteiger partial charge on any atom is -0.330 e. The van der Waals surface area contributed by atoms with Crippen LogP contribution in [0.5, 0.6) is 0 Å². The predicted octanol–water partition coefficient (Wildman–Crippen LogP) is 3.95. The van der Waals surface area contributed by atoms with Crippen LogP contribution < -0.4 is 5.73 Å². The Hall–Kier alpha value is -0.820. The molecule has 1 aromatic carbocycles. The average Bonchev–Trinajstić information content (AvgIpc) is 3.22. The lowest BCUT2D eigenvalue weighted by Gasteiger charge is -2.24. The van der Waals surface area contributed by atoms with Crippen molar-refractivity contribution in [2.45, 2.75) is 44.4 Å². The van der Waals surface area contributed by atoms with Gasteiger partial charge in [0.15, 0.2) is 0 Å². The molecule has 1 aromatic rings. The van der Waals surface area contributed by atoms with E-state index in [2.05, 4.69) is 30.3 Å². The average molecular weight is 243 g/mol. The van der Waals surface area contributed by atoms with Gasteiger partial charge in [0.05, 0.1) is 0 Å². The van der Waals surface area contributed by atoms with Crippen molar-refractivity contribution in [3.63, 3.8) is 0 Å². The molecule has 4 unspecified atom stereocenters. The van der Waals surface area contributed by atoms with Crippen LogP contribution in [-0.4, -0.2) is 6.54 Å². The van der Waals surface area contributed by atoms with Crippen molar-refractivity contribution in [2.24, 2.45) is 23.5 Å². The fourth-order valence-electron chi connectivity index (χ4n) is 4.04. The number of hydrogen-bond donors (Lipinski definition) is 1. The van der Waals surface area contributed by atoms with Crippen LogP contribution in [0.4, 0.5) is 0 Å². The van der Waals surface area contributed by atoms with Gasteiger partial charge < -0.3 is 5.73 Å². The van der Waals surface area contributed by atoms with E-state index in [1.165, 1.54) is 38.5 Å². The fourth-order valence-corrected chi connectivity index (χ4v) is 4.04. The van der Waals surface area contributed by atoms with E-state index in [0.29, 0.717) is 0 Å². The minimum absolute atomic E-state index is 0.797. The molecule has 1 heteroatoms. The Morgan fingerprint density at radius 2 is 1.72 bits per heavy atom. The lowest BCUT2D eigenvalue weighted by Crippen LogP contribution is -2.24. The molecule has 18 heavy (non-hydrogen) atoms.